The Morgan fingerprint density at radius 3 is 2.90 bits per heavy atom. The van der Waals surface area contributed by atoms with Crippen LogP contribution in [-0.2, 0) is 13.0 Å². The van der Waals surface area contributed by atoms with Crippen LogP contribution in [0.1, 0.15) is 29.2 Å². The predicted molar refractivity (Wildman–Crippen MR) is 82.3 cm³/mol. The minimum atomic E-state index is -0.411. The quantitative estimate of drug-likeness (QED) is 0.911. The molecule has 2 aromatic carbocycles. The maximum Gasteiger partial charge on any atom is 0.142 e. The topological polar surface area (TPSA) is 21.3 Å². The Hall–Kier alpha value is -1.58. The number of hydrogen-bond acceptors (Lipinski definition) is 2. The van der Waals surface area contributed by atoms with E-state index in [0.29, 0.717) is 11.6 Å². The molecule has 1 N–H and O–H groups in total. The number of hydrogen-bond donors (Lipinski definition) is 1. The highest BCUT2D eigenvalue weighted by atomic mass is 35.5. The molecule has 1 aliphatic rings. The van der Waals surface area contributed by atoms with E-state index in [4.69, 9.17) is 16.3 Å². The molecule has 21 heavy (non-hydrogen) atoms. The van der Waals surface area contributed by atoms with Crippen LogP contribution in [0.15, 0.2) is 36.4 Å². The van der Waals surface area contributed by atoms with Crippen LogP contribution in [-0.4, -0.2) is 7.05 Å². The first-order valence-corrected chi connectivity index (χ1v) is 7.43. The van der Waals surface area contributed by atoms with Gasteiger partial charge in [0, 0.05) is 11.6 Å². The van der Waals surface area contributed by atoms with E-state index in [-0.39, 0.29) is 11.6 Å². The second-order valence-electron chi connectivity index (χ2n) is 5.21. The zero-order valence-electron chi connectivity index (χ0n) is 11.8. The highest BCUT2D eigenvalue weighted by molar-refractivity contribution is 6.31. The average molecular weight is 306 g/mol. The summed E-state index contributed by atoms with van der Waals surface area (Å²) in [4.78, 5) is 0. The number of fused-ring (bicyclic) bond motifs is 1. The van der Waals surface area contributed by atoms with Crippen LogP contribution in [0.2, 0.25) is 5.02 Å². The first kappa shape index (κ1) is 14.4. The third kappa shape index (κ3) is 2.76. The standard InChI is InChI=1S/C17H17ClFNO/c1-20-15-9-8-13-12(15)5-3-7-16(13)21-10-11-4-2-6-14(19)17(11)18/h2-7,15,20H,8-10H2,1H3. The molecule has 1 unspecified atom stereocenters. The summed E-state index contributed by atoms with van der Waals surface area (Å²) in [5, 5.41) is 3.45. The van der Waals surface area contributed by atoms with E-state index in [1.807, 2.05) is 19.2 Å². The van der Waals surface area contributed by atoms with Crippen molar-refractivity contribution >= 4 is 11.6 Å². The second-order valence-corrected chi connectivity index (χ2v) is 5.58. The van der Waals surface area contributed by atoms with E-state index in [2.05, 4.69) is 11.4 Å². The lowest BCUT2D eigenvalue weighted by Gasteiger charge is -2.13. The average Bonchev–Trinajstić information content (AvgIpc) is 2.92. The Balaban J connectivity index is 1.81. The minimum Gasteiger partial charge on any atom is -0.489 e. The number of rotatable bonds is 4. The first-order chi connectivity index (χ1) is 10.2. The van der Waals surface area contributed by atoms with Crippen molar-refractivity contribution < 1.29 is 9.13 Å². The molecule has 4 heteroatoms. The molecule has 0 amide bonds. The van der Waals surface area contributed by atoms with Gasteiger partial charge in [0.2, 0.25) is 0 Å². The van der Waals surface area contributed by atoms with E-state index in [1.54, 1.807) is 12.1 Å². The first-order valence-electron chi connectivity index (χ1n) is 7.05. The van der Waals surface area contributed by atoms with Crippen molar-refractivity contribution in [3.05, 3.63) is 63.9 Å². The van der Waals surface area contributed by atoms with Crippen molar-refractivity contribution in [1.82, 2.24) is 5.32 Å². The van der Waals surface area contributed by atoms with Gasteiger partial charge in [-0.3, -0.25) is 0 Å². The molecule has 0 aliphatic heterocycles. The molecule has 0 saturated carbocycles. The molecule has 1 atom stereocenters. The summed E-state index contributed by atoms with van der Waals surface area (Å²) >= 11 is 5.96. The number of ether oxygens (including phenoxy) is 1. The Kier molecular flexibility index (Phi) is 4.13. The fourth-order valence-corrected chi connectivity index (χ4v) is 3.05. The highest BCUT2D eigenvalue weighted by Gasteiger charge is 2.23. The van der Waals surface area contributed by atoms with Gasteiger partial charge in [-0.25, -0.2) is 4.39 Å². The molecule has 1 aliphatic carbocycles. The molecule has 0 spiro atoms. The van der Waals surface area contributed by atoms with E-state index < -0.39 is 5.82 Å². The van der Waals surface area contributed by atoms with Gasteiger partial charge in [-0.05, 0) is 43.1 Å². The molecule has 2 aromatic rings. The summed E-state index contributed by atoms with van der Waals surface area (Å²) < 4.78 is 19.3. The molecule has 110 valence electrons. The van der Waals surface area contributed by atoms with Crippen molar-refractivity contribution in [2.75, 3.05) is 7.05 Å². The lowest BCUT2D eigenvalue weighted by Crippen LogP contribution is -2.12. The molecule has 3 rings (SSSR count). The minimum absolute atomic E-state index is 0.137. The van der Waals surface area contributed by atoms with Gasteiger partial charge in [0.15, 0.2) is 0 Å². The predicted octanol–water partition coefficient (Wildman–Crippen LogP) is 4.26. The summed E-state index contributed by atoms with van der Waals surface area (Å²) in [5.41, 5.74) is 3.20. The highest BCUT2D eigenvalue weighted by Crippen LogP contribution is 2.37. The molecule has 0 saturated heterocycles. The Morgan fingerprint density at radius 2 is 2.10 bits per heavy atom. The lowest BCUT2D eigenvalue weighted by molar-refractivity contribution is 0.303. The smallest absolute Gasteiger partial charge is 0.142 e. The molecule has 0 radical (unpaired) electrons. The summed E-state index contributed by atoms with van der Waals surface area (Å²) in [7, 11) is 1.97. The Morgan fingerprint density at radius 1 is 1.29 bits per heavy atom. The second kappa shape index (κ2) is 6.04. The molecular formula is C17H17ClFNO. The van der Waals surface area contributed by atoms with Crippen LogP contribution in [0.5, 0.6) is 5.75 Å². The van der Waals surface area contributed by atoms with Gasteiger partial charge in [-0.1, -0.05) is 35.9 Å². The number of halogens is 2. The molecule has 2 nitrogen and oxygen atoms in total. The molecule has 0 aromatic heterocycles. The van der Waals surface area contributed by atoms with Gasteiger partial charge in [-0.15, -0.1) is 0 Å². The van der Waals surface area contributed by atoms with E-state index in [9.17, 15) is 4.39 Å². The third-order valence-electron chi connectivity index (χ3n) is 3.99. The fourth-order valence-electron chi connectivity index (χ4n) is 2.87. The van der Waals surface area contributed by atoms with Gasteiger partial charge in [0.1, 0.15) is 18.2 Å². The van der Waals surface area contributed by atoms with Crippen LogP contribution in [0.4, 0.5) is 4.39 Å². The van der Waals surface area contributed by atoms with Crippen molar-refractivity contribution in [3.8, 4) is 5.75 Å². The Bertz CT molecular complexity index is 659. The van der Waals surface area contributed by atoms with Crippen molar-refractivity contribution in [3.63, 3.8) is 0 Å². The maximum absolute atomic E-state index is 13.4. The SMILES string of the molecule is CNC1CCc2c(OCc3cccc(F)c3Cl)cccc21. The van der Waals surface area contributed by atoms with Crippen LogP contribution < -0.4 is 10.1 Å². The van der Waals surface area contributed by atoms with Crippen molar-refractivity contribution in [2.45, 2.75) is 25.5 Å². The molecule has 0 fully saturated rings. The van der Waals surface area contributed by atoms with Gasteiger partial charge >= 0.3 is 0 Å². The summed E-state index contributed by atoms with van der Waals surface area (Å²) in [6.07, 6.45) is 2.07. The van der Waals surface area contributed by atoms with Crippen LogP contribution in [0.25, 0.3) is 0 Å². The largest absolute Gasteiger partial charge is 0.489 e. The number of nitrogens with one attached hydrogen (secondary N) is 1. The Labute approximate surface area is 128 Å². The van der Waals surface area contributed by atoms with Gasteiger partial charge in [-0.2, -0.15) is 0 Å². The molecular weight excluding hydrogens is 289 g/mol. The monoisotopic (exact) mass is 305 g/mol. The maximum atomic E-state index is 13.4. The van der Waals surface area contributed by atoms with Crippen molar-refractivity contribution in [2.24, 2.45) is 0 Å². The third-order valence-corrected chi connectivity index (χ3v) is 4.41. The van der Waals surface area contributed by atoms with Crippen LogP contribution in [0.3, 0.4) is 0 Å². The van der Waals surface area contributed by atoms with E-state index in [0.717, 1.165) is 18.6 Å². The molecule has 0 heterocycles. The van der Waals surface area contributed by atoms with E-state index >= 15 is 0 Å². The fraction of sp³-hybridized carbons (Fsp3) is 0.294. The van der Waals surface area contributed by atoms with E-state index in [1.165, 1.54) is 17.2 Å². The van der Waals surface area contributed by atoms with Crippen LogP contribution in [0, 0.1) is 5.82 Å². The van der Waals surface area contributed by atoms with Gasteiger partial charge in [0.05, 0.1) is 5.02 Å². The zero-order chi connectivity index (χ0) is 14.8. The van der Waals surface area contributed by atoms with Gasteiger partial charge in [0.25, 0.3) is 0 Å². The zero-order valence-corrected chi connectivity index (χ0v) is 12.6. The number of benzene rings is 2. The van der Waals surface area contributed by atoms with Crippen LogP contribution >= 0.6 is 11.6 Å². The summed E-state index contributed by atoms with van der Waals surface area (Å²) in [5.74, 6) is 0.455. The van der Waals surface area contributed by atoms with Gasteiger partial charge < -0.3 is 10.1 Å². The normalized spacial score (nSPS) is 16.8. The van der Waals surface area contributed by atoms with Crippen molar-refractivity contribution in [1.29, 1.82) is 0 Å². The summed E-state index contributed by atoms with van der Waals surface area (Å²) in [6, 6.07) is 11.3. The summed E-state index contributed by atoms with van der Waals surface area (Å²) in [6.45, 7) is 0.275. The molecule has 0 bridgehead atoms. The lowest BCUT2D eigenvalue weighted by atomic mass is 10.1.